The van der Waals surface area contributed by atoms with Gasteiger partial charge in [-0.2, -0.15) is 0 Å². The highest BCUT2D eigenvalue weighted by atomic mass is 35.5. The van der Waals surface area contributed by atoms with Crippen molar-refractivity contribution in [1.82, 2.24) is 14.1 Å². The van der Waals surface area contributed by atoms with Gasteiger partial charge >= 0.3 is 0 Å². The van der Waals surface area contributed by atoms with Gasteiger partial charge in [0.05, 0.1) is 32.5 Å². The zero-order valence-electron chi connectivity index (χ0n) is 23.3. The Bertz CT molecular complexity index is 1770. The molecule has 0 bridgehead atoms. The molecule has 0 radical (unpaired) electrons. The molecule has 2 aliphatic heterocycles. The quantitative estimate of drug-likeness (QED) is 0.505. The third-order valence-corrected chi connectivity index (χ3v) is 6.81. The fourth-order valence-electron chi connectivity index (χ4n) is 4.52. The van der Waals surface area contributed by atoms with Crippen molar-refractivity contribution in [1.29, 1.82) is 0 Å². The van der Waals surface area contributed by atoms with Crippen LogP contribution < -0.4 is 15.9 Å². The van der Waals surface area contributed by atoms with Gasteiger partial charge in [-0.25, -0.2) is 13.2 Å². The van der Waals surface area contributed by atoms with E-state index in [1.807, 2.05) is 0 Å². The Hall–Kier alpha value is -3.74. The summed E-state index contributed by atoms with van der Waals surface area (Å²) in [6.45, 7) is -0.258. The number of pyridine rings is 3. The van der Waals surface area contributed by atoms with E-state index in [2.05, 4.69) is 9.98 Å². The van der Waals surface area contributed by atoms with Gasteiger partial charge in [0, 0.05) is 43.0 Å². The van der Waals surface area contributed by atoms with E-state index < -0.39 is 63.1 Å². The van der Waals surface area contributed by atoms with E-state index in [9.17, 15) is 23.5 Å². The van der Waals surface area contributed by atoms with Crippen LogP contribution in [0, 0.1) is 17.6 Å². The molecule has 0 fully saturated rings. The van der Waals surface area contributed by atoms with Crippen molar-refractivity contribution in [2.24, 2.45) is 10.9 Å². The fraction of sp³-hybridized carbons (Fsp3) is 0.333. The number of hydrogen-bond acceptors (Lipinski definition) is 7. The monoisotopic (exact) mass is 578 g/mol. The minimum Gasteiger partial charge on any atom is -0.485 e. The molecule has 0 saturated carbocycles. The van der Waals surface area contributed by atoms with Crippen LogP contribution in [0.15, 0.2) is 57.1 Å². The van der Waals surface area contributed by atoms with E-state index in [-0.39, 0.29) is 49.0 Å². The number of allylic oxidation sites excluding steroid dienone is 1. The van der Waals surface area contributed by atoms with E-state index in [1.165, 1.54) is 32.2 Å². The lowest BCUT2D eigenvalue weighted by Gasteiger charge is -2.30. The fourth-order valence-corrected chi connectivity index (χ4v) is 4.69. The first kappa shape index (κ1) is 25.2. The van der Waals surface area contributed by atoms with Crippen LogP contribution >= 0.6 is 11.6 Å². The van der Waals surface area contributed by atoms with Crippen LogP contribution in [-0.4, -0.2) is 38.2 Å². The van der Waals surface area contributed by atoms with Crippen LogP contribution in [0.3, 0.4) is 0 Å². The van der Waals surface area contributed by atoms with Gasteiger partial charge in [0.15, 0.2) is 17.5 Å². The van der Waals surface area contributed by atoms with Crippen molar-refractivity contribution in [3.63, 3.8) is 0 Å². The van der Waals surface area contributed by atoms with E-state index in [4.69, 9.17) is 23.8 Å². The molecule has 5 heterocycles. The van der Waals surface area contributed by atoms with Crippen molar-refractivity contribution in [3.05, 3.63) is 96.8 Å². The molecule has 40 heavy (non-hydrogen) atoms. The predicted molar refractivity (Wildman–Crippen MR) is 140 cm³/mol. The minimum absolute atomic E-state index is 0.00226. The van der Waals surface area contributed by atoms with Gasteiger partial charge in [0.1, 0.15) is 28.8 Å². The molecular weight excluding hydrogens is 553 g/mol. The molecule has 9 nitrogen and oxygen atoms in total. The molecule has 13 heteroatoms. The van der Waals surface area contributed by atoms with Gasteiger partial charge in [0.25, 0.3) is 11.1 Å². The first-order valence-corrected chi connectivity index (χ1v) is 12.5. The van der Waals surface area contributed by atoms with Crippen LogP contribution in [0.4, 0.5) is 13.2 Å². The summed E-state index contributed by atoms with van der Waals surface area (Å²) in [5.74, 6) is -4.88. The lowest BCUT2D eigenvalue weighted by molar-refractivity contribution is 0.0768. The average molecular weight is 579 g/mol. The summed E-state index contributed by atoms with van der Waals surface area (Å²) in [4.78, 5) is 34.5. The molecule has 3 aromatic heterocycles. The largest absolute Gasteiger partial charge is 0.485 e. The molecule has 210 valence electrons. The van der Waals surface area contributed by atoms with Crippen molar-refractivity contribution in [3.8, 4) is 5.75 Å². The molecule has 0 unspecified atom stereocenters. The standard InChI is InChI=1S/C27H24ClF3N4O5/c1-27(2,38)17-4-3-6-34(25(17)36)24-22(31)23-14(10-33-24)5-7-39-12-16-9-20(21(28)26(37)35(16)23)40-13-19-18(30)8-15(29)11-32-19/h3-4,6,8-9,11,14,38H,5,7,10,12-13H2,1-2H3/t14-/m0/s1/i13D2. The summed E-state index contributed by atoms with van der Waals surface area (Å²) >= 11 is 6.31. The number of hydrogen-bond donors (Lipinski definition) is 1. The molecule has 1 N–H and O–H groups in total. The summed E-state index contributed by atoms with van der Waals surface area (Å²) in [5.41, 5.74) is -4.21. The van der Waals surface area contributed by atoms with Gasteiger partial charge in [-0.15, -0.1) is 0 Å². The number of ether oxygens (including phenoxy) is 2. The number of rotatable bonds is 4. The molecule has 0 saturated heterocycles. The molecule has 0 aromatic carbocycles. The van der Waals surface area contributed by atoms with Crippen molar-refractivity contribution in [2.75, 3.05) is 13.2 Å². The maximum absolute atomic E-state index is 16.4. The highest BCUT2D eigenvalue weighted by Crippen LogP contribution is 2.34. The lowest BCUT2D eigenvalue weighted by Crippen LogP contribution is -2.39. The Morgan fingerprint density at radius 2 is 2.05 bits per heavy atom. The maximum Gasteiger partial charge on any atom is 0.277 e. The molecule has 1 atom stereocenters. The predicted octanol–water partition coefficient (Wildman–Crippen LogP) is 3.78. The Morgan fingerprint density at radius 1 is 1.27 bits per heavy atom. The van der Waals surface area contributed by atoms with Crippen LogP contribution in [0.1, 0.15) is 40.0 Å². The van der Waals surface area contributed by atoms with E-state index in [0.29, 0.717) is 12.3 Å². The van der Waals surface area contributed by atoms with Crippen molar-refractivity contribution < 1.29 is 30.5 Å². The first-order valence-electron chi connectivity index (χ1n) is 13.1. The van der Waals surface area contributed by atoms with Crippen LogP contribution in [0.5, 0.6) is 5.75 Å². The van der Waals surface area contributed by atoms with Gasteiger partial charge < -0.3 is 14.6 Å². The van der Waals surface area contributed by atoms with Gasteiger partial charge in [-0.05, 0) is 32.4 Å². The molecule has 0 aliphatic carbocycles. The van der Waals surface area contributed by atoms with E-state index in [1.54, 1.807) is 0 Å². The molecule has 5 rings (SSSR count). The topological polar surface area (TPSA) is 108 Å². The van der Waals surface area contributed by atoms with Gasteiger partial charge in [-0.1, -0.05) is 11.6 Å². The number of aliphatic hydroxyl groups is 1. The Morgan fingerprint density at radius 3 is 2.77 bits per heavy atom. The van der Waals surface area contributed by atoms with Gasteiger partial charge in [-0.3, -0.25) is 28.7 Å². The molecular formula is C27H24ClF3N4O5. The number of nitrogens with zero attached hydrogens (tertiary/aromatic N) is 4. The third-order valence-electron chi connectivity index (χ3n) is 6.46. The number of aromatic nitrogens is 3. The van der Waals surface area contributed by atoms with Crippen LogP contribution in [0.25, 0.3) is 5.70 Å². The summed E-state index contributed by atoms with van der Waals surface area (Å²) in [7, 11) is 0. The van der Waals surface area contributed by atoms with Crippen LogP contribution in [-0.2, 0) is 23.5 Å². The molecule has 0 spiro atoms. The SMILES string of the molecule is [2H]C([2H])(Oc1cc2n(c(=O)c1Cl)C1=C(F)C(n3cccc(C(C)(C)O)c3=O)=NC[C@@H]1CCOC2)c1ncc(F)cc1F. The first-order chi connectivity index (χ1) is 19.7. The van der Waals surface area contributed by atoms with Crippen LogP contribution in [0.2, 0.25) is 5.02 Å². The Balaban J connectivity index is 1.64. The smallest absolute Gasteiger partial charge is 0.277 e. The average Bonchev–Trinajstić information content (AvgIpc) is 2.88. The number of aliphatic imine (C=N–C) groups is 1. The highest BCUT2D eigenvalue weighted by molar-refractivity contribution is 6.31. The zero-order chi connectivity index (χ0) is 30.6. The third kappa shape index (κ3) is 5.09. The van der Waals surface area contributed by atoms with Gasteiger partial charge in [0.2, 0.25) is 0 Å². The van der Waals surface area contributed by atoms with Crippen molar-refractivity contribution >= 4 is 23.1 Å². The number of fused-ring (bicyclic) bond motifs is 3. The Kier molecular flexibility index (Phi) is 6.74. The van der Waals surface area contributed by atoms with E-state index in [0.717, 1.165) is 15.2 Å². The normalized spacial score (nSPS) is 18.6. The summed E-state index contributed by atoms with van der Waals surface area (Å²) < 4.78 is 73.1. The molecule has 3 aromatic rings. The second kappa shape index (κ2) is 10.7. The number of dihydropyridines is 1. The summed E-state index contributed by atoms with van der Waals surface area (Å²) in [6.07, 6.45) is 2.17. The summed E-state index contributed by atoms with van der Waals surface area (Å²) in [5, 5.41) is 9.75. The van der Waals surface area contributed by atoms with Crippen molar-refractivity contribution in [2.45, 2.75) is 39.0 Å². The molecule has 2 aliphatic rings. The second-order valence-corrected chi connectivity index (χ2v) is 10.1. The number of halogens is 4. The minimum atomic E-state index is -2.99. The zero-order valence-corrected chi connectivity index (χ0v) is 22.0. The summed E-state index contributed by atoms with van der Waals surface area (Å²) in [6, 6.07) is 4.45. The van der Waals surface area contributed by atoms with E-state index >= 15 is 4.39 Å². The Labute approximate surface area is 233 Å². The lowest BCUT2D eigenvalue weighted by atomic mass is 9.96. The highest BCUT2D eigenvalue weighted by Gasteiger charge is 2.34. The molecule has 0 amide bonds. The maximum atomic E-state index is 16.4. The second-order valence-electron chi connectivity index (χ2n) is 9.70.